The van der Waals surface area contributed by atoms with E-state index in [1.54, 1.807) is 0 Å². The van der Waals surface area contributed by atoms with E-state index in [0.29, 0.717) is 0 Å². The molecule has 0 unspecified atom stereocenters. The van der Waals surface area contributed by atoms with E-state index in [1.165, 1.54) is 38.5 Å². The molecule has 278 valence electrons. The predicted molar refractivity (Wildman–Crippen MR) is 242 cm³/mol. The lowest BCUT2D eigenvalue weighted by Crippen LogP contribution is -2.20. The summed E-state index contributed by atoms with van der Waals surface area (Å²) in [7, 11) is 2.14. The number of hydrogen-bond donors (Lipinski definition) is 0. The standard InChI is InChI=1S/C53H46N4/c1-7-36(3)53(4,5)46-33-39(26-25-35(46)2)43-22-16-23-47-52(43)55-51(50(54-47)37-17-10-8-11-18-37)38-27-29-41(30-28-38)57(40-19-12-9-13-20-40)42-31-32-49-45(34-42)44-21-14-15-24-48(44)56(49)6/h7-34H,1-6H3/b36-7+. The largest absolute Gasteiger partial charge is 0.344 e. The van der Waals surface area contributed by atoms with Crippen molar-refractivity contribution in [2.75, 3.05) is 4.90 Å². The quantitative estimate of drug-likeness (QED) is 0.146. The third-order valence-corrected chi connectivity index (χ3v) is 12.0. The third-order valence-electron chi connectivity index (χ3n) is 12.0. The molecule has 0 atom stereocenters. The van der Waals surface area contributed by atoms with E-state index >= 15 is 0 Å². The molecule has 9 rings (SSSR count). The van der Waals surface area contributed by atoms with Crippen molar-refractivity contribution in [3.8, 4) is 33.6 Å². The predicted octanol–water partition coefficient (Wildman–Crippen LogP) is 14.3. The van der Waals surface area contributed by atoms with E-state index in [0.717, 1.165) is 61.7 Å². The van der Waals surface area contributed by atoms with E-state index in [1.807, 2.05) is 6.07 Å². The zero-order valence-electron chi connectivity index (χ0n) is 33.5. The lowest BCUT2D eigenvalue weighted by Gasteiger charge is -2.29. The number of fused-ring (bicyclic) bond motifs is 4. The van der Waals surface area contributed by atoms with Crippen LogP contribution in [-0.2, 0) is 12.5 Å². The topological polar surface area (TPSA) is 34.0 Å². The average Bonchev–Trinajstić information content (AvgIpc) is 3.54. The van der Waals surface area contributed by atoms with Crippen molar-refractivity contribution in [1.29, 1.82) is 0 Å². The molecule has 0 aliphatic rings. The second-order valence-electron chi connectivity index (χ2n) is 15.6. The lowest BCUT2D eigenvalue weighted by atomic mass is 9.75. The number of nitrogens with zero attached hydrogens (tertiary/aromatic N) is 4. The van der Waals surface area contributed by atoms with Gasteiger partial charge in [0, 0.05) is 68.0 Å². The van der Waals surface area contributed by atoms with Crippen LogP contribution in [0.25, 0.3) is 66.5 Å². The third kappa shape index (κ3) is 6.28. The van der Waals surface area contributed by atoms with Gasteiger partial charge in [-0.2, -0.15) is 0 Å². The summed E-state index contributed by atoms with van der Waals surface area (Å²) in [6.07, 6.45) is 2.22. The molecule has 4 heteroatoms. The fourth-order valence-electron chi connectivity index (χ4n) is 8.43. The summed E-state index contributed by atoms with van der Waals surface area (Å²) in [4.78, 5) is 13.2. The van der Waals surface area contributed by atoms with Crippen LogP contribution in [0.5, 0.6) is 0 Å². The number of para-hydroxylation sites is 3. The summed E-state index contributed by atoms with van der Waals surface area (Å²) in [5.41, 5.74) is 17.3. The molecular weight excluding hydrogens is 693 g/mol. The van der Waals surface area contributed by atoms with Gasteiger partial charge in [0.05, 0.1) is 22.4 Å². The van der Waals surface area contributed by atoms with Crippen LogP contribution in [0.15, 0.2) is 175 Å². The van der Waals surface area contributed by atoms with Gasteiger partial charge in [-0.3, -0.25) is 0 Å². The minimum atomic E-state index is -0.104. The maximum Gasteiger partial charge on any atom is 0.0973 e. The van der Waals surface area contributed by atoms with Gasteiger partial charge in [-0.25, -0.2) is 9.97 Å². The summed E-state index contributed by atoms with van der Waals surface area (Å²) >= 11 is 0. The zero-order chi connectivity index (χ0) is 39.3. The Hall–Kier alpha value is -6.78. The summed E-state index contributed by atoms with van der Waals surface area (Å²) < 4.78 is 2.28. The monoisotopic (exact) mass is 738 g/mol. The highest BCUT2D eigenvalue weighted by Crippen LogP contribution is 2.41. The van der Waals surface area contributed by atoms with E-state index in [9.17, 15) is 0 Å². The fraction of sp³-hybridized carbons (Fsp3) is 0.132. The molecule has 0 amide bonds. The van der Waals surface area contributed by atoms with Crippen molar-refractivity contribution in [3.05, 3.63) is 187 Å². The second kappa shape index (κ2) is 14.4. The molecule has 0 fully saturated rings. The first kappa shape index (κ1) is 35.9. The summed E-state index contributed by atoms with van der Waals surface area (Å²) in [5, 5.41) is 2.49. The highest BCUT2D eigenvalue weighted by atomic mass is 15.1. The lowest BCUT2D eigenvalue weighted by molar-refractivity contribution is 0.618. The highest BCUT2D eigenvalue weighted by Gasteiger charge is 2.25. The van der Waals surface area contributed by atoms with E-state index < -0.39 is 0 Å². The Labute approximate surface area is 335 Å². The SMILES string of the molecule is C/C=C(\C)C(C)(C)c1cc(-c2cccc3nc(-c4ccccc4)c(-c4ccc(N(c5ccccc5)c5ccc6c(c5)c5ccccc5n6C)cc4)nc23)ccc1C. The second-order valence-corrected chi connectivity index (χ2v) is 15.6. The van der Waals surface area contributed by atoms with Crippen LogP contribution in [0, 0.1) is 6.92 Å². The summed E-state index contributed by atoms with van der Waals surface area (Å²) in [6.45, 7) is 11.2. The minimum Gasteiger partial charge on any atom is -0.344 e. The number of benzene rings is 7. The van der Waals surface area contributed by atoms with Crippen molar-refractivity contribution in [2.45, 2.75) is 40.0 Å². The van der Waals surface area contributed by atoms with Crippen molar-refractivity contribution in [3.63, 3.8) is 0 Å². The van der Waals surface area contributed by atoms with Gasteiger partial charge in [0.1, 0.15) is 0 Å². The highest BCUT2D eigenvalue weighted by molar-refractivity contribution is 6.09. The molecule has 9 aromatic rings. The average molecular weight is 739 g/mol. The smallest absolute Gasteiger partial charge is 0.0973 e. The Kier molecular flexibility index (Phi) is 9.05. The number of hydrogen-bond acceptors (Lipinski definition) is 3. The number of aryl methyl sites for hydroxylation is 2. The first-order chi connectivity index (χ1) is 27.7. The molecule has 0 radical (unpaired) electrons. The first-order valence-electron chi connectivity index (χ1n) is 19.8. The molecule has 0 saturated carbocycles. The van der Waals surface area contributed by atoms with Crippen LogP contribution in [0.4, 0.5) is 17.1 Å². The van der Waals surface area contributed by atoms with Crippen molar-refractivity contribution in [1.82, 2.24) is 14.5 Å². The van der Waals surface area contributed by atoms with Crippen LogP contribution in [0.2, 0.25) is 0 Å². The minimum absolute atomic E-state index is 0.104. The Bertz CT molecular complexity index is 2950. The molecule has 4 nitrogen and oxygen atoms in total. The van der Waals surface area contributed by atoms with Crippen LogP contribution < -0.4 is 4.90 Å². The molecule has 7 aromatic carbocycles. The van der Waals surface area contributed by atoms with Gasteiger partial charge in [0.25, 0.3) is 0 Å². The number of anilines is 3. The van der Waals surface area contributed by atoms with Crippen molar-refractivity contribution in [2.24, 2.45) is 7.05 Å². The van der Waals surface area contributed by atoms with Gasteiger partial charge in [0.2, 0.25) is 0 Å². The molecule has 0 bridgehead atoms. The first-order valence-corrected chi connectivity index (χ1v) is 19.8. The summed E-state index contributed by atoms with van der Waals surface area (Å²) in [6, 6.07) is 58.4. The zero-order valence-corrected chi connectivity index (χ0v) is 33.5. The molecule has 2 aromatic heterocycles. The maximum atomic E-state index is 5.53. The molecule has 0 spiro atoms. The van der Waals surface area contributed by atoms with Gasteiger partial charge >= 0.3 is 0 Å². The normalized spacial score (nSPS) is 12.1. The molecule has 0 aliphatic carbocycles. The van der Waals surface area contributed by atoms with Crippen molar-refractivity contribution >= 4 is 49.9 Å². The molecule has 0 aliphatic heterocycles. The van der Waals surface area contributed by atoms with Gasteiger partial charge < -0.3 is 9.47 Å². The molecular formula is C53H46N4. The molecule has 57 heavy (non-hydrogen) atoms. The van der Waals surface area contributed by atoms with Crippen LogP contribution in [0.1, 0.15) is 38.8 Å². The Morgan fingerprint density at radius 3 is 1.95 bits per heavy atom. The summed E-state index contributed by atoms with van der Waals surface area (Å²) in [5.74, 6) is 0. The maximum absolute atomic E-state index is 5.53. The van der Waals surface area contributed by atoms with E-state index in [4.69, 9.17) is 9.97 Å². The van der Waals surface area contributed by atoms with Gasteiger partial charge in [-0.05, 0) is 98.1 Å². The Balaban J connectivity index is 1.19. The number of allylic oxidation sites excluding steroid dienone is 2. The number of aromatic nitrogens is 3. The molecule has 0 N–H and O–H groups in total. The Morgan fingerprint density at radius 2 is 1.19 bits per heavy atom. The fourth-order valence-corrected chi connectivity index (χ4v) is 8.43. The van der Waals surface area contributed by atoms with Crippen LogP contribution in [0.3, 0.4) is 0 Å². The van der Waals surface area contributed by atoms with Crippen LogP contribution in [-0.4, -0.2) is 14.5 Å². The number of rotatable bonds is 8. The molecule has 0 saturated heterocycles. The van der Waals surface area contributed by atoms with Gasteiger partial charge in [0.15, 0.2) is 0 Å². The van der Waals surface area contributed by atoms with Crippen molar-refractivity contribution < 1.29 is 0 Å². The van der Waals surface area contributed by atoms with E-state index in [2.05, 4.69) is 215 Å². The molecule has 2 heterocycles. The van der Waals surface area contributed by atoms with Gasteiger partial charge in [-0.15, -0.1) is 0 Å². The Morgan fingerprint density at radius 1 is 0.579 bits per heavy atom. The van der Waals surface area contributed by atoms with E-state index in [-0.39, 0.29) is 5.41 Å². The van der Waals surface area contributed by atoms with Gasteiger partial charge in [-0.1, -0.05) is 129 Å². The van der Waals surface area contributed by atoms with Crippen LogP contribution >= 0.6 is 0 Å².